The molecule has 0 radical (unpaired) electrons. The van der Waals surface area contributed by atoms with Crippen molar-refractivity contribution in [3.63, 3.8) is 0 Å². The van der Waals surface area contributed by atoms with Gasteiger partial charge in [-0.15, -0.1) is 11.8 Å². The number of nitrogens with zero attached hydrogens (tertiary/aromatic N) is 3. The van der Waals surface area contributed by atoms with Crippen LogP contribution >= 0.6 is 33.1 Å². The van der Waals surface area contributed by atoms with Gasteiger partial charge in [-0.25, -0.2) is 12.5 Å². The summed E-state index contributed by atoms with van der Waals surface area (Å²) in [7, 11) is 0. The number of alkyl halides is 3. The molecule has 0 atom stereocenters. The Morgan fingerprint density at radius 3 is 2.66 bits per heavy atom. The lowest BCUT2D eigenvalue weighted by Crippen LogP contribution is -2.05. The molecule has 0 aliphatic carbocycles. The van der Waals surface area contributed by atoms with E-state index in [1.165, 1.54) is 18.4 Å². The molecule has 0 unspecified atom stereocenters. The quantitative estimate of drug-likeness (QED) is 0.0761. The van der Waals surface area contributed by atoms with Gasteiger partial charge in [-0.3, -0.25) is 0 Å². The molecular formula is C24H20F4IN3O2S. The van der Waals surface area contributed by atoms with Crippen molar-refractivity contribution in [2.45, 2.75) is 24.1 Å². The van der Waals surface area contributed by atoms with Gasteiger partial charge < -0.3 is 12.3 Å². The third kappa shape index (κ3) is 7.66. The van der Waals surface area contributed by atoms with E-state index in [0.717, 1.165) is 35.7 Å². The van der Waals surface area contributed by atoms with Crippen molar-refractivity contribution in [3.05, 3.63) is 89.7 Å². The van der Waals surface area contributed by atoms with E-state index in [-0.39, 0.29) is 39.4 Å². The van der Waals surface area contributed by atoms with E-state index in [1.807, 2.05) is 30.5 Å². The van der Waals surface area contributed by atoms with Gasteiger partial charge in [-0.2, -0.15) is 13.2 Å². The fraction of sp³-hybridized carbons (Fsp3) is 0.208. The molecule has 0 spiro atoms. The molecule has 2 aromatic carbocycles. The van der Waals surface area contributed by atoms with Crippen LogP contribution in [-0.4, -0.2) is 20.4 Å². The summed E-state index contributed by atoms with van der Waals surface area (Å²) in [6.07, 6.45) is 4.54. The van der Waals surface area contributed by atoms with Crippen LogP contribution in [0.5, 0.6) is 5.75 Å². The topological polar surface area (TPSA) is 50.9 Å². The third-order valence-electron chi connectivity index (χ3n) is 4.72. The highest BCUT2D eigenvalue weighted by molar-refractivity contribution is 14.1. The maximum atomic E-state index is 13.9. The number of benzene rings is 2. The summed E-state index contributed by atoms with van der Waals surface area (Å²) in [5, 5.41) is 0. The van der Waals surface area contributed by atoms with Gasteiger partial charge in [0.05, 0.1) is 11.8 Å². The number of hydrogen-bond donors (Lipinski definition) is 0. The Morgan fingerprint density at radius 1 is 1.11 bits per heavy atom. The lowest BCUT2D eigenvalue weighted by atomic mass is 10.1. The summed E-state index contributed by atoms with van der Waals surface area (Å²) in [6, 6.07) is 10.1. The molecule has 0 bridgehead atoms. The van der Waals surface area contributed by atoms with Crippen molar-refractivity contribution in [3.8, 4) is 5.75 Å². The average Bonchev–Trinajstić information content (AvgIpc) is 3.52. The number of aromatic nitrogens is 1. The first-order chi connectivity index (χ1) is 16.9. The molecule has 4 rings (SSSR count). The van der Waals surface area contributed by atoms with Crippen molar-refractivity contribution < 1.29 is 26.7 Å². The predicted octanol–water partition coefficient (Wildman–Crippen LogP) is 7.92. The molecular weight excluding hydrogens is 597 g/mol. The molecule has 184 valence electrons. The van der Waals surface area contributed by atoms with Gasteiger partial charge >= 0.3 is 6.18 Å². The summed E-state index contributed by atoms with van der Waals surface area (Å²) >= 11 is 1.61. The largest absolute Gasteiger partial charge is 0.487 e. The van der Waals surface area contributed by atoms with Crippen LogP contribution in [0, 0.1) is 5.82 Å². The average molecular weight is 617 g/mol. The molecule has 0 N–H and O–H groups in total. The number of ether oxygens (including phenoxy) is 1. The number of thioether (sulfide) groups is 1. The minimum atomic E-state index is -4.59. The first kappa shape index (κ1) is 25.4. The summed E-state index contributed by atoms with van der Waals surface area (Å²) in [5.41, 5.74) is -0.513. The zero-order valence-corrected chi connectivity index (χ0v) is 21.2. The second-order valence-corrected chi connectivity index (χ2v) is 10.7. The van der Waals surface area contributed by atoms with E-state index in [4.69, 9.17) is 9.15 Å². The maximum Gasteiger partial charge on any atom is 0.416 e. The Bertz CT molecular complexity index is 1210. The lowest BCUT2D eigenvalue weighted by Gasteiger charge is -2.09. The van der Waals surface area contributed by atoms with Crippen molar-refractivity contribution >= 4 is 45.2 Å². The zero-order chi connectivity index (χ0) is 24.7. The van der Waals surface area contributed by atoms with Gasteiger partial charge in [0.2, 0.25) is 5.89 Å². The number of rotatable bonds is 10. The van der Waals surface area contributed by atoms with E-state index in [9.17, 15) is 17.6 Å². The smallest absolute Gasteiger partial charge is 0.416 e. The summed E-state index contributed by atoms with van der Waals surface area (Å²) < 4.78 is 69.5. The molecule has 0 saturated heterocycles. The molecule has 3 aromatic rings. The summed E-state index contributed by atoms with van der Waals surface area (Å²) in [6.45, 7) is 1.21. The van der Waals surface area contributed by atoms with Crippen LogP contribution in [0.2, 0.25) is 0 Å². The van der Waals surface area contributed by atoms with E-state index >= 15 is 0 Å². The maximum absolute atomic E-state index is 13.9. The van der Waals surface area contributed by atoms with E-state index in [2.05, 4.69) is 17.4 Å². The van der Waals surface area contributed by atoms with Crippen molar-refractivity contribution in [1.29, 1.82) is 0 Å². The highest BCUT2D eigenvalue weighted by Gasteiger charge is 2.30. The summed E-state index contributed by atoms with van der Waals surface area (Å²) in [5.74, 6) is 0.929. The van der Waals surface area contributed by atoms with E-state index in [0.29, 0.717) is 17.5 Å². The molecule has 11 heteroatoms. The number of halogens is 5. The van der Waals surface area contributed by atoms with Crippen LogP contribution in [0.4, 0.5) is 17.6 Å². The fourth-order valence-electron chi connectivity index (χ4n) is 2.98. The summed E-state index contributed by atoms with van der Waals surface area (Å²) in [4.78, 5) is 5.39. The van der Waals surface area contributed by atoms with Crippen LogP contribution in [0.25, 0.3) is 12.2 Å². The fourth-order valence-corrected chi connectivity index (χ4v) is 5.27. The van der Waals surface area contributed by atoms with Gasteiger partial charge in [0.1, 0.15) is 51.4 Å². The van der Waals surface area contributed by atoms with Crippen molar-refractivity contribution in [2.24, 2.45) is 3.15 Å². The zero-order valence-electron chi connectivity index (χ0n) is 18.2. The normalized spacial score (nSPS) is 13.5. The van der Waals surface area contributed by atoms with Gasteiger partial charge in [-0.05, 0) is 54.6 Å². The monoisotopic (exact) mass is 617 g/mol. The van der Waals surface area contributed by atoms with Crippen LogP contribution < -0.4 is 4.74 Å². The Morgan fingerprint density at radius 2 is 1.94 bits per heavy atom. The number of hydrogen-bond acceptors (Lipinski definition) is 6. The second kappa shape index (κ2) is 11.8. The van der Waals surface area contributed by atoms with Crippen molar-refractivity contribution in [1.82, 2.24) is 8.10 Å². The molecule has 0 fully saturated rings. The Kier molecular flexibility index (Phi) is 8.60. The minimum Gasteiger partial charge on any atom is -0.487 e. The highest BCUT2D eigenvalue weighted by atomic mass is 127. The number of oxazole rings is 1. The standard InChI is InChI=1S/C24H20F4IN3O2S/c25-22-14-18(24(26,27)28)4-2-17(22)3-9-23-31-19(16-34-23)15-33-20-5-7-21(8-6-20)35-13-1-11-32-12-10-30-29-32/h2-10,12,14,16H,1,11,13,15H2/b9-3+. The van der Waals surface area contributed by atoms with Gasteiger partial charge in [0.25, 0.3) is 0 Å². The first-order valence-corrected chi connectivity index (χ1v) is 13.4. The predicted molar refractivity (Wildman–Crippen MR) is 135 cm³/mol. The molecule has 1 aromatic heterocycles. The Labute approximate surface area is 214 Å². The first-order valence-electron chi connectivity index (χ1n) is 10.5. The third-order valence-corrected chi connectivity index (χ3v) is 7.75. The van der Waals surface area contributed by atoms with Crippen LogP contribution in [0.3, 0.4) is 0 Å². The molecule has 35 heavy (non-hydrogen) atoms. The second-order valence-electron chi connectivity index (χ2n) is 7.30. The molecule has 1 aliphatic heterocycles. The molecule has 2 heterocycles. The van der Waals surface area contributed by atoms with Gasteiger partial charge in [0.15, 0.2) is 0 Å². The molecule has 5 nitrogen and oxygen atoms in total. The van der Waals surface area contributed by atoms with E-state index in [1.54, 1.807) is 11.8 Å². The van der Waals surface area contributed by atoms with Gasteiger partial charge in [-0.1, -0.05) is 6.07 Å². The molecule has 0 amide bonds. The van der Waals surface area contributed by atoms with Crippen LogP contribution in [0.1, 0.15) is 29.1 Å². The van der Waals surface area contributed by atoms with Gasteiger partial charge in [0, 0.05) is 29.3 Å². The Balaban J connectivity index is 1.23. The highest BCUT2D eigenvalue weighted by Crippen LogP contribution is 2.30. The van der Waals surface area contributed by atoms with Crippen LogP contribution in [-0.2, 0) is 12.8 Å². The Hall–Kier alpha value is -2.67. The van der Waals surface area contributed by atoms with Crippen molar-refractivity contribution in [2.75, 3.05) is 12.3 Å². The van der Waals surface area contributed by atoms with E-state index < -0.39 is 17.6 Å². The molecule has 0 saturated carbocycles. The lowest BCUT2D eigenvalue weighted by molar-refractivity contribution is -0.137. The molecule has 1 aliphatic rings. The van der Waals surface area contributed by atoms with Crippen LogP contribution in [0.15, 0.2) is 73.6 Å². The SMILES string of the molecule is Fc1cc(C(F)(F)F)ccc1/C=C/c1nc(COc2ccc(SCCCN3C=CN=I3)cc2)co1. The minimum absolute atomic E-state index is 0.00294.